The van der Waals surface area contributed by atoms with E-state index in [4.69, 9.17) is 4.74 Å². The van der Waals surface area contributed by atoms with E-state index in [-0.39, 0.29) is 0 Å². The molecule has 17 heavy (non-hydrogen) atoms. The molecule has 0 saturated heterocycles. The first kappa shape index (κ1) is 14.5. The van der Waals surface area contributed by atoms with Gasteiger partial charge in [-0.25, -0.2) is 4.79 Å². The third-order valence-electron chi connectivity index (χ3n) is 3.68. The Kier molecular flexibility index (Phi) is 6.56. The van der Waals surface area contributed by atoms with E-state index in [2.05, 4.69) is 6.92 Å². The second-order valence-electron chi connectivity index (χ2n) is 5.12. The van der Waals surface area contributed by atoms with Crippen LogP contribution in [0.25, 0.3) is 0 Å². The molecule has 0 aliphatic heterocycles. The van der Waals surface area contributed by atoms with Gasteiger partial charge in [0.2, 0.25) is 0 Å². The highest BCUT2D eigenvalue weighted by Crippen LogP contribution is 2.33. The summed E-state index contributed by atoms with van der Waals surface area (Å²) in [5.41, 5.74) is -0.844. The Bertz CT molecular complexity index is 220. The van der Waals surface area contributed by atoms with Crippen LogP contribution < -0.4 is 0 Å². The van der Waals surface area contributed by atoms with E-state index in [9.17, 15) is 9.90 Å². The van der Waals surface area contributed by atoms with Crippen molar-refractivity contribution in [3.05, 3.63) is 0 Å². The summed E-state index contributed by atoms with van der Waals surface area (Å²) in [7, 11) is 0. The SMILES string of the molecule is CCCCCCCCOC1(C(=O)O)CCCC1. The molecule has 3 heteroatoms. The second kappa shape index (κ2) is 7.70. The Labute approximate surface area is 105 Å². The fourth-order valence-electron chi connectivity index (χ4n) is 2.52. The summed E-state index contributed by atoms with van der Waals surface area (Å²) in [6.45, 7) is 2.82. The highest BCUT2D eigenvalue weighted by molar-refractivity contribution is 5.77. The quantitative estimate of drug-likeness (QED) is 0.626. The van der Waals surface area contributed by atoms with Crippen LogP contribution in [0, 0.1) is 0 Å². The van der Waals surface area contributed by atoms with Crippen molar-refractivity contribution < 1.29 is 14.6 Å². The number of carboxylic acids is 1. The van der Waals surface area contributed by atoms with Crippen LogP contribution in [-0.4, -0.2) is 23.3 Å². The van der Waals surface area contributed by atoms with E-state index in [1.165, 1.54) is 25.7 Å². The minimum Gasteiger partial charge on any atom is -0.479 e. The van der Waals surface area contributed by atoms with Crippen LogP contribution in [0.1, 0.15) is 71.1 Å². The number of aliphatic carboxylic acids is 1. The first-order valence-electron chi connectivity index (χ1n) is 7.08. The molecule has 0 spiro atoms. The van der Waals surface area contributed by atoms with Crippen LogP contribution in [0.15, 0.2) is 0 Å². The molecule has 3 nitrogen and oxygen atoms in total. The van der Waals surface area contributed by atoms with Gasteiger partial charge in [-0.15, -0.1) is 0 Å². The summed E-state index contributed by atoms with van der Waals surface area (Å²) in [5.74, 6) is -0.763. The number of carboxylic acid groups (broad SMARTS) is 1. The largest absolute Gasteiger partial charge is 0.479 e. The zero-order chi connectivity index (χ0) is 12.6. The van der Waals surface area contributed by atoms with Crippen molar-refractivity contribution in [2.24, 2.45) is 0 Å². The van der Waals surface area contributed by atoms with Crippen LogP contribution in [0.3, 0.4) is 0 Å². The lowest BCUT2D eigenvalue weighted by molar-refractivity contribution is -0.165. The molecular formula is C14H26O3. The Morgan fingerprint density at radius 2 is 1.71 bits per heavy atom. The third kappa shape index (κ3) is 4.66. The van der Waals surface area contributed by atoms with Gasteiger partial charge < -0.3 is 9.84 Å². The molecule has 1 fully saturated rings. The maximum absolute atomic E-state index is 11.2. The minimum atomic E-state index is -0.844. The Balaban J connectivity index is 2.10. The maximum atomic E-state index is 11.2. The molecule has 0 atom stereocenters. The molecule has 0 aromatic heterocycles. The van der Waals surface area contributed by atoms with E-state index < -0.39 is 11.6 Å². The van der Waals surface area contributed by atoms with Crippen LogP contribution in [0.5, 0.6) is 0 Å². The van der Waals surface area contributed by atoms with Crippen molar-refractivity contribution in [3.8, 4) is 0 Å². The highest BCUT2D eigenvalue weighted by Gasteiger charge is 2.42. The topological polar surface area (TPSA) is 46.5 Å². The number of hydrogen-bond donors (Lipinski definition) is 1. The first-order chi connectivity index (χ1) is 8.21. The predicted molar refractivity (Wildman–Crippen MR) is 68.2 cm³/mol. The van der Waals surface area contributed by atoms with E-state index in [0.29, 0.717) is 19.4 Å². The van der Waals surface area contributed by atoms with E-state index in [1.54, 1.807) is 0 Å². The van der Waals surface area contributed by atoms with Gasteiger partial charge in [0.1, 0.15) is 0 Å². The average Bonchev–Trinajstić information content (AvgIpc) is 2.78. The number of ether oxygens (including phenoxy) is 1. The molecule has 100 valence electrons. The Hall–Kier alpha value is -0.570. The molecule has 0 aromatic carbocycles. The molecule has 1 aliphatic carbocycles. The second-order valence-corrected chi connectivity index (χ2v) is 5.12. The monoisotopic (exact) mass is 242 g/mol. The number of rotatable bonds is 9. The van der Waals surface area contributed by atoms with Gasteiger partial charge in [-0.2, -0.15) is 0 Å². The lowest BCUT2D eigenvalue weighted by Gasteiger charge is -2.24. The average molecular weight is 242 g/mol. The third-order valence-corrected chi connectivity index (χ3v) is 3.68. The number of unbranched alkanes of at least 4 members (excludes halogenated alkanes) is 5. The molecule has 0 unspecified atom stereocenters. The van der Waals surface area contributed by atoms with E-state index in [0.717, 1.165) is 25.7 Å². The van der Waals surface area contributed by atoms with Crippen molar-refractivity contribution in [2.75, 3.05) is 6.61 Å². The molecule has 0 aromatic rings. The van der Waals surface area contributed by atoms with Gasteiger partial charge in [-0.05, 0) is 32.1 Å². The fraction of sp³-hybridized carbons (Fsp3) is 0.929. The lowest BCUT2D eigenvalue weighted by Crippen LogP contribution is -2.38. The summed E-state index contributed by atoms with van der Waals surface area (Å²) in [5, 5.41) is 9.21. The molecule has 0 bridgehead atoms. The Morgan fingerprint density at radius 1 is 1.12 bits per heavy atom. The zero-order valence-corrected chi connectivity index (χ0v) is 11.0. The van der Waals surface area contributed by atoms with E-state index in [1.807, 2.05) is 0 Å². The molecule has 0 radical (unpaired) electrons. The maximum Gasteiger partial charge on any atom is 0.335 e. The van der Waals surface area contributed by atoms with Crippen LogP contribution in [-0.2, 0) is 9.53 Å². The summed E-state index contributed by atoms with van der Waals surface area (Å²) in [6, 6.07) is 0. The standard InChI is InChI=1S/C14H26O3/c1-2-3-4-5-6-9-12-17-14(13(15)16)10-7-8-11-14/h2-12H2,1H3,(H,15,16). The van der Waals surface area contributed by atoms with Gasteiger partial charge in [0.05, 0.1) is 0 Å². The van der Waals surface area contributed by atoms with Gasteiger partial charge in [0, 0.05) is 6.61 Å². The van der Waals surface area contributed by atoms with Crippen molar-refractivity contribution >= 4 is 5.97 Å². The molecule has 1 N–H and O–H groups in total. The summed E-state index contributed by atoms with van der Waals surface area (Å²) < 4.78 is 5.66. The fourth-order valence-corrected chi connectivity index (χ4v) is 2.52. The molecule has 1 saturated carbocycles. The van der Waals surface area contributed by atoms with Gasteiger partial charge >= 0.3 is 5.97 Å². The summed E-state index contributed by atoms with van der Waals surface area (Å²) in [6.07, 6.45) is 10.6. The van der Waals surface area contributed by atoms with Crippen molar-refractivity contribution in [2.45, 2.75) is 76.7 Å². The zero-order valence-electron chi connectivity index (χ0n) is 11.0. The van der Waals surface area contributed by atoms with Crippen LogP contribution in [0.2, 0.25) is 0 Å². The molecular weight excluding hydrogens is 216 g/mol. The number of hydrogen-bond acceptors (Lipinski definition) is 2. The van der Waals surface area contributed by atoms with Crippen molar-refractivity contribution in [1.82, 2.24) is 0 Å². The van der Waals surface area contributed by atoms with E-state index >= 15 is 0 Å². The van der Waals surface area contributed by atoms with Crippen LogP contribution in [0.4, 0.5) is 0 Å². The molecule has 0 heterocycles. The van der Waals surface area contributed by atoms with Gasteiger partial charge in [0.15, 0.2) is 5.60 Å². The number of carbonyl (C=O) groups is 1. The predicted octanol–water partition coefficient (Wildman–Crippen LogP) is 3.76. The smallest absolute Gasteiger partial charge is 0.335 e. The normalized spacial score (nSPS) is 18.4. The van der Waals surface area contributed by atoms with Crippen molar-refractivity contribution in [1.29, 1.82) is 0 Å². The summed E-state index contributed by atoms with van der Waals surface area (Å²) in [4.78, 5) is 11.2. The minimum absolute atomic E-state index is 0.610. The van der Waals surface area contributed by atoms with Gasteiger partial charge in [0.25, 0.3) is 0 Å². The molecule has 1 rings (SSSR count). The molecule has 1 aliphatic rings. The lowest BCUT2D eigenvalue weighted by atomic mass is 10.0. The molecule has 0 amide bonds. The first-order valence-corrected chi connectivity index (χ1v) is 7.08. The van der Waals surface area contributed by atoms with Gasteiger partial charge in [-0.1, -0.05) is 39.0 Å². The highest BCUT2D eigenvalue weighted by atomic mass is 16.5. The Morgan fingerprint density at radius 3 is 2.29 bits per heavy atom. The van der Waals surface area contributed by atoms with Gasteiger partial charge in [-0.3, -0.25) is 0 Å². The summed E-state index contributed by atoms with van der Waals surface area (Å²) >= 11 is 0. The van der Waals surface area contributed by atoms with Crippen molar-refractivity contribution in [3.63, 3.8) is 0 Å². The van der Waals surface area contributed by atoms with Crippen LogP contribution >= 0.6 is 0 Å².